The molecule has 0 aliphatic rings. The normalized spacial score (nSPS) is 13.2. The van der Waals surface area contributed by atoms with E-state index in [9.17, 15) is 5.11 Å². The van der Waals surface area contributed by atoms with E-state index < -0.39 is 6.10 Å². The number of methoxy groups -OCH3 is 1. The monoisotopic (exact) mass is 527 g/mol. The molecule has 2 N–H and O–H groups in total. The first-order valence-corrected chi connectivity index (χ1v) is 10.0. The number of halogens is 1. The SMILES string of the molecule is CCNC(=NCC(O)COC(C)c1ccccc1)N(C)Cc1ccccc1OC.I. The van der Waals surface area contributed by atoms with Crippen molar-refractivity contribution >= 4 is 29.9 Å². The molecular weight excluding hydrogens is 493 g/mol. The molecule has 0 aliphatic carbocycles. The minimum absolute atomic E-state index is 0. The predicted molar refractivity (Wildman–Crippen MR) is 133 cm³/mol. The van der Waals surface area contributed by atoms with E-state index in [2.05, 4.69) is 10.3 Å². The zero-order chi connectivity index (χ0) is 21.1. The Morgan fingerprint density at radius 1 is 1.13 bits per heavy atom. The lowest BCUT2D eigenvalue weighted by molar-refractivity contribution is 0.00106. The van der Waals surface area contributed by atoms with E-state index in [-0.39, 0.29) is 43.2 Å². The van der Waals surface area contributed by atoms with Gasteiger partial charge in [0.15, 0.2) is 5.96 Å². The van der Waals surface area contributed by atoms with Gasteiger partial charge in [0.2, 0.25) is 0 Å². The molecule has 0 aromatic heterocycles. The van der Waals surface area contributed by atoms with Gasteiger partial charge >= 0.3 is 0 Å². The summed E-state index contributed by atoms with van der Waals surface area (Å²) >= 11 is 0. The van der Waals surface area contributed by atoms with Crippen molar-refractivity contribution in [2.24, 2.45) is 4.99 Å². The number of benzene rings is 2. The highest BCUT2D eigenvalue weighted by molar-refractivity contribution is 14.0. The fourth-order valence-corrected chi connectivity index (χ4v) is 2.95. The second-order valence-corrected chi connectivity index (χ2v) is 6.90. The molecule has 2 aromatic rings. The van der Waals surface area contributed by atoms with Crippen LogP contribution in [0.15, 0.2) is 59.6 Å². The number of ether oxygens (including phenoxy) is 2. The van der Waals surface area contributed by atoms with Crippen LogP contribution in [-0.4, -0.2) is 55.9 Å². The summed E-state index contributed by atoms with van der Waals surface area (Å²) in [6.07, 6.45) is -0.745. The Morgan fingerprint density at radius 2 is 1.80 bits per heavy atom. The third kappa shape index (κ3) is 8.49. The number of hydrogen-bond donors (Lipinski definition) is 2. The number of nitrogens with zero attached hydrogens (tertiary/aromatic N) is 2. The maximum atomic E-state index is 10.3. The van der Waals surface area contributed by atoms with E-state index in [0.29, 0.717) is 6.54 Å². The smallest absolute Gasteiger partial charge is 0.194 e. The topological polar surface area (TPSA) is 66.3 Å². The van der Waals surface area contributed by atoms with Crippen molar-refractivity contribution in [3.05, 3.63) is 65.7 Å². The molecule has 0 amide bonds. The van der Waals surface area contributed by atoms with E-state index >= 15 is 0 Å². The molecule has 0 saturated heterocycles. The zero-order valence-corrected chi connectivity index (χ0v) is 20.6. The van der Waals surface area contributed by atoms with Crippen LogP contribution in [0, 0.1) is 0 Å². The maximum Gasteiger partial charge on any atom is 0.194 e. The summed E-state index contributed by atoms with van der Waals surface area (Å²) in [5, 5.41) is 13.6. The third-order valence-electron chi connectivity index (χ3n) is 4.56. The van der Waals surface area contributed by atoms with E-state index in [4.69, 9.17) is 9.47 Å². The highest BCUT2D eigenvalue weighted by atomic mass is 127. The molecule has 2 rings (SSSR count). The number of aliphatic hydroxyl groups is 1. The van der Waals surface area contributed by atoms with Crippen molar-refractivity contribution in [3.63, 3.8) is 0 Å². The molecule has 6 nitrogen and oxygen atoms in total. The molecule has 0 bridgehead atoms. The van der Waals surface area contributed by atoms with Crippen LogP contribution in [0.5, 0.6) is 5.75 Å². The molecule has 166 valence electrons. The highest BCUT2D eigenvalue weighted by Gasteiger charge is 2.13. The van der Waals surface area contributed by atoms with Crippen molar-refractivity contribution in [2.45, 2.75) is 32.6 Å². The number of aliphatic imine (C=N–C) groups is 1. The minimum atomic E-state index is -0.672. The number of aliphatic hydroxyl groups excluding tert-OH is 1. The Balaban J connectivity index is 0.00000450. The number of rotatable bonds is 10. The van der Waals surface area contributed by atoms with Gasteiger partial charge < -0.3 is 24.8 Å². The molecule has 30 heavy (non-hydrogen) atoms. The fraction of sp³-hybridized carbons (Fsp3) is 0.435. The summed E-state index contributed by atoms with van der Waals surface area (Å²) in [6.45, 7) is 5.89. The Morgan fingerprint density at radius 3 is 2.47 bits per heavy atom. The van der Waals surface area contributed by atoms with Gasteiger partial charge in [-0.05, 0) is 25.5 Å². The Hall–Kier alpha value is -1.84. The quantitative estimate of drug-likeness (QED) is 0.279. The number of guanidine groups is 1. The Labute approximate surface area is 197 Å². The molecule has 0 aliphatic heterocycles. The molecule has 0 fully saturated rings. The summed E-state index contributed by atoms with van der Waals surface area (Å²) in [6, 6.07) is 17.9. The molecule has 0 heterocycles. The second kappa shape index (κ2) is 14.2. The molecule has 7 heteroatoms. The molecular formula is C23H34IN3O3. The average molecular weight is 527 g/mol. The van der Waals surface area contributed by atoms with Crippen molar-refractivity contribution in [1.82, 2.24) is 10.2 Å². The molecule has 0 spiro atoms. The van der Waals surface area contributed by atoms with Gasteiger partial charge in [-0.15, -0.1) is 24.0 Å². The lowest BCUT2D eigenvalue weighted by Gasteiger charge is -2.23. The summed E-state index contributed by atoms with van der Waals surface area (Å²) < 4.78 is 11.2. The molecule has 2 atom stereocenters. The standard InChI is InChI=1S/C23H33N3O3.HI/c1-5-24-23(26(3)16-20-13-9-10-14-22(20)28-4)25-15-21(27)17-29-18(2)19-11-7-6-8-12-19;/h6-14,18,21,27H,5,15-17H2,1-4H3,(H,24,25);1H. The van der Waals surface area contributed by atoms with Crippen LogP contribution in [0.2, 0.25) is 0 Å². The van der Waals surface area contributed by atoms with Gasteiger partial charge in [-0.2, -0.15) is 0 Å². The van der Waals surface area contributed by atoms with Crippen molar-refractivity contribution in [2.75, 3.05) is 33.9 Å². The second-order valence-electron chi connectivity index (χ2n) is 6.90. The van der Waals surface area contributed by atoms with Gasteiger partial charge in [0.05, 0.1) is 32.5 Å². The fourth-order valence-electron chi connectivity index (χ4n) is 2.95. The van der Waals surface area contributed by atoms with E-state index in [1.807, 2.05) is 80.4 Å². The van der Waals surface area contributed by atoms with Crippen molar-refractivity contribution in [1.29, 1.82) is 0 Å². The van der Waals surface area contributed by atoms with Gasteiger partial charge in [-0.25, -0.2) is 0 Å². The zero-order valence-electron chi connectivity index (χ0n) is 18.2. The van der Waals surface area contributed by atoms with Crippen molar-refractivity contribution in [3.8, 4) is 5.75 Å². The lowest BCUT2D eigenvalue weighted by Crippen LogP contribution is -2.39. The average Bonchev–Trinajstić information content (AvgIpc) is 2.75. The van der Waals surface area contributed by atoms with Gasteiger partial charge in [0, 0.05) is 25.7 Å². The van der Waals surface area contributed by atoms with E-state index in [1.54, 1.807) is 7.11 Å². The summed E-state index contributed by atoms with van der Waals surface area (Å²) in [5.74, 6) is 1.58. The summed E-state index contributed by atoms with van der Waals surface area (Å²) in [7, 11) is 3.64. The summed E-state index contributed by atoms with van der Waals surface area (Å²) in [5.41, 5.74) is 2.16. The summed E-state index contributed by atoms with van der Waals surface area (Å²) in [4.78, 5) is 6.59. The van der Waals surface area contributed by atoms with Crippen LogP contribution in [0.4, 0.5) is 0 Å². The Bertz CT molecular complexity index is 758. The Kier molecular flexibility index (Phi) is 12.4. The van der Waals surface area contributed by atoms with Crippen LogP contribution >= 0.6 is 24.0 Å². The first kappa shape index (κ1) is 26.2. The van der Waals surface area contributed by atoms with Crippen LogP contribution in [0.3, 0.4) is 0 Å². The van der Waals surface area contributed by atoms with Crippen LogP contribution in [-0.2, 0) is 11.3 Å². The van der Waals surface area contributed by atoms with E-state index in [0.717, 1.165) is 29.4 Å². The predicted octanol–water partition coefficient (Wildman–Crippen LogP) is 3.85. The lowest BCUT2D eigenvalue weighted by atomic mass is 10.1. The number of para-hydroxylation sites is 1. The van der Waals surface area contributed by atoms with Crippen LogP contribution in [0.1, 0.15) is 31.1 Å². The third-order valence-corrected chi connectivity index (χ3v) is 4.56. The van der Waals surface area contributed by atoms with Crippen LogP contribution < -0.4 is 10.1 Å². The van der Waals surface area contributed by atoms with Crippen LogP contribution in [0.25, 0.3) is 0 Å². The highest BCUT2D eigenvalue weighted by Crippen LogP contribution is 2.19. The van der Waals surface area contributed by atoms with Gasteiger partial charge in [0.1, 0.15) is 5.75 Å². The van der Waals surface area contributed by atoms with Gasteiger partial charge in [-0.1, -0.05) is 48.5 Å². The maximum absolute atomic E-state index is 10.3. The van der Waals surface area contributed by atoms with Crippen molar-refractivity contribution < 1.29 is 14.6 Å². The number of nitrogens with one attached hydrogen (secondary N) is 1. The first-order chi connectivity index (χ1) is 14.0. The molecule has 0 radical (unpaired) electrons. The largest absolute Gasteiger partial charge is 0.496 e. The van der Waals surface area contributed by atoms with E-state index in [1.165, 1.54) is 0 Å². The first-order valence-electron chi connectivity index (χ1n) is 10.0. The van der Waals surface area contributed by atoms with Gasteiger partial charge in [-0.3, -0.25) is 4.99 Å². The number of hydrogen-bond acceptors (Lipinski definition) is 4. The van der Waals surface area contributed by atoms with Gasteiger partial charge in [0.25, 0.3) is 0 Å². The molecule has 2 aromatic carbocycles. The minimum Gasteiger partial charge on any atom is -0.496 e. The molecule has 2 unspecified atom stereocenters. The molecule has 0 saturated carbocycles.